The van der Waals surface area contributed by atoms with Crippen LogP contribution >= 0.6 is 11.8 Å². The molecule has 8 heteroatoms. The highest BCUT2D eigenvalue weighted by Gasteiger charge is 2.15. The molecule has 2 aromatic heterocycles. The first-order valence-electron chi connectivity index (χ1n) is 8.12. The Kier molecular flexibility index (Phi) is 5.49. The van der Waals surface area contributed by atoms with Crippen LogP contribution in [0.2, 0.25) is 0 Å². The number of unbranched alkanes of at least 4 members (excludes halogenated alkanes) is 1. The third kappa shape index (κ3) is 4.27. The Hall–Kier alpha value is -2.61. The van der Waals surface area contributed by atoms with Gasteiger partial charge in [0.05, 0.1) is 0 Å². The fourth-order valence-electron chi connectivity index (χ4n) is 2.44. The van der Waals surface area contributed by atoms with E-state index in [0.29, 0.717) is 17.9 Å². The van der Waals surface area contributed by atoms with Gasteiger partial charge in [-0.3, -0.25) is 14.3 Å². The van der Waals surface area contributed by atoms with E-state index < -0.39 is 11.2 Å². The summed E-state index contributed by atoms with van der Waals surface area (Å²) in [6, 6.07) is 11.2. The van der Waals surface area contributed by atoms with Gasteiger partial charge >= 0.3 is 5.69 Å². The molecule has 2 heterocycles. The molecule has 2 N–H and O–H groups in total. The molecular weight excluding hydrogens is 338 g/mol. The molecule has 0 saturated heterocycles. The van der Waals surface area contributed by atoms with Crippen LogP contribution in [0.1, 0.15) is 31.3 Å². The van der Waals surface area contributed by atoms with Crippen LogP contribution in [0, 0.1) is 0 Å². The fourth-order valence-corrected chi connectivity index (χ4v) is 3.49. The van der Waals surface area contributed by atoms with Gasteiger partial charge in [-0.15, -0.1) is 10.2 Å². The number of para-hydroxylation sites is 1. The standard InChI is InChI=1S/C17H19N5O2S/c1-2-3-9-25-17-21-20-14(22(17)13-7-5-4-6-8-13)10-12-11-15(23)19-16(24)18-12/h4-8,11H,2-3,9-10H2,1H3,(H2,18,19,23,24). The van der Waals surface area contributed by atoms with Crippen molar-refractivity contribution >= 4 is 11.8 Å². The number of hydrogen-bond donors (Lipinski definition) is 2. The fraction of sp³-hybridized carbons (Fsp3) is 0.294. The van der Waals surface area contributed by atoms with E-state index in [-0.39, 0.29) is 0 Å². The van der Waals surface area contributed by atoms with E-state index in [1.165, 1.54) is 6.07 Å². The van der Waals surface area contributed by atoms with Gasteiger partial charge in [-0.05, 0) is 18.6 Å². The van der Waals surface area contributed by atoms with E-state index in [1.807, 2.05) is 34.9 Å². The normalized spacial score (nSPS) is 10.9. The van der Waals surface area contributed by atoms with Crippen LogP contribution in [0.5, 0.6) is 0 Å². The second-order valence-corrected chi connectivity index (χ2v) is 6.62. The summed E-state index contributed by atoms with van der Waals surface area (Å²) in [6.45, 7) is 2.15. The second kappa shape index (κ2) is 7.98. The van der Waals surface area contributed by atoms with E-state index in [9.17, 15) is 9.59 Å². The van der Waals surface area contributed by atoms with Gasteiger partial charge in [-0.1, -0.05) is 43.3 Å². The second-order valence-electron chi connectivity index (χ2n) is 5.56. The van der Waals surface area contributed by atoms with Crippen LogP contribution < -0.4 is 11.2 Å². The Labute approximate surface area is 148 Å². The molecule has 0 aliphatic carbocycles. The monoisotopic (exact) mass is 357 g/mol. The summed E-state index contributed by atoms with van der Waals surface area (Å²) in [4.78, 5) is 27.8. The molecule has 0 radical (unpaired) electrons. The molecule has 0 spiro atoms. The van der Waals surface area contributed by atoms with Crippen molar-refractivity contribution in [2.75, 3.05) is 5.75 Å². The van der Waals surface area contributed by atoms with Crippen molar-refractivity contribution < 1.29 is 0 Å². The van der Waals surface area contributed by atoms with Crippen molar-refractivity contribution in [3.05, 3.63) is 68.8 Å². The van der Waals surface area contributed by atoms with Crippen molar-refractivity contribution in [1.29, 1.82) is 0 Å². The maximum Gasteiger partial charge on any atom is 0.325 e. The first-order chi connectivity index (χ1) is 12.2. The van der Waals surface area contributed by atoms with Gasteiger partial charge in [-0.25, -0.2) is 4.79 Å². The molecule has 130 valence electrons. The lowest BCUT2D eigenvalue weighted by atomic mass is 10.2. The first kappa shape index (κ1) is 17.2. The Morgan fingerprint density at radius 2 is 1.92 bits per heavy atom. The SMILES string of the molecule is CCCCSc1nnc(Cc2cc(=O)[nH]c(=O)[nH]2)n1-c1ccccc1. The minimum Gasteiger partial charge on any atom is -0.311 e. The molecule has 0 unspecified atom stereocenters. The highest BCUT2D eigenvalue weighted by molar-refractivity contribution is 7.99. The number of aromatic nitrogens is 5. The lowest BCUT2D eigenvalue weighted by Gasteiger charge is -2.10. The highest BCUT2D eigenvalue weighted by atomic mass is 32.2. The quantitative estimate of drug-likeness (QED) is 0.499. The number of nitrogens with zero attached hydrogens (tertiary/aromatic N) is 3. The highest BCUT2D eigenvalue weighted by Crippen LogP contribution is 2.23. The number of aromatic amines is 2. The van der Waals surface area contributed by atoms with Crippen LogP contribution in [0.4, 0.5) is 0 Å². The largest absolute Gasteiger partial charge is 0.325 e. The Balaban J connectivity index is 1.98. The van der Waals surface area contributed by atoms with Crippen molar-refractivity contribution in [2.24, 2.45) is 0 Å². The van der Waals surface area contributed by atoms with Crippen LogP contribution in [-0.2, 0) is 6.42 Å². The number of H-pyrrole nitrogens is 2. The summed E-state index contributed by atoms with van der Waals surface area (Å²) in [5.41, 5.74) is 0.505. The maximum absolute atomic E-state index is 11.5. The summed E-state index contributed by atoms with van der Waals surface area (Å²) >= 11 is 1.65. The average Bonchev–Trinajstić information content (AvgIpc) is 2.97. The molecule has 25 heavy (non-hydrogen) atoms. The van der Waals surface area contributed by atoms with Crippen molar-refractivity contribution in [3.8, 4) is 5.69 Å². The zero-order valence-corrected chi connectivity index (χ0v) is 14.7. The molecular formula is C17H19N5O2S. The van der Waals surface area contributed by atoms with Crippen molar-refractivity contribution in [1.82, 2.24) is 24.7 Å². The first-order valence-corrected chi connectivity index (χ1v) is 9.11. The number of hydrogen-bond acceptors (Lipinski definition) is 5. The Morgan fingerprint density at radius 1 is 1.12 bits per heavy atom. The van der Waals surface area contributed by atoms with Gasteiger partial charge in [0, 0.05) is 29.6 Å². The zero-order chi connectivity index (χ0) is 17.6. The Morgan fingerprint density at radius 3 is 2.64 bits per heavy atom. The lowest BCUT2D eigenvalue weighted by Crippen LogP contribution is -2.23. The molecule has 0 amide bonds. The minimum atomic E-state index is -0.522. The molecule has 3 aromatic rings. The summed E-state index contributed by atoms with van der Waals surface area (Å²) in [5, 5.41) is 9.39. The van der Waals surface area contributed by atoms with Crippen LogP contribution in [0.3, 0.4) is 0 Å². The zero-order valence-electron chi connectivity index (χ0n) is 13.9. The van der Waals surface area contributed by atoms with Crippen LogP contribution in [-0.4, -0.2) is 30.5 Å². The maximum atomic E-state index is 11.5. The molecule has 0 aliphatic heterocycles. The van der Waals surface area contributed by atoms with E-state index in [0.717, 1.165) is 29.4 Å². The van der Waals surface area contributed by atoms with Crippen molar-refractivity contribution in [2.45, 2.75) is 31.3 Å². The summed E-state index contributed by atoms with van der Waals surface area (Å²) in [7, 11) is 0. The third-order valence-corrected chi connectivity index (χ3v) is 4.62. The number of benzene rings is 1. The van der Waals surface area contributed by atoms with Crippen LogP contribution in [0.25, 0.3) is 5.69 Å². The predicted molar refractivity (Wildman–Crippen MR) is 97.5 cm³/mol. The van der Waals surface area contributed by atoms with Gasteiger partial charge in [0.1, 0.15) is 5.82 Å². The van der Waals surface area contributed by atoms with Gasteiger partial charge in [0.25, 0.3) is 5.56 Å². The lowest BCUT2D eigenvalue weighted by molar-refractivity contribution is 0.826. The minimum absolute atomic E-state index is 0.315. The molecule has 1 aromatic carbocycles. The molecule has 0 bridgehead atoms. The number of thioether (sulfide) groups is 1. The number of rotatable bonds is 7. The van der Waals surface area contributed by atoms with E-state index in [4.69, 9.17) is 0 Å². The average molecular weight is 357 g/mol. The molecule has 3 rings (SSSR count). The van der Waals surface area contributed by atoms with Gasteiger partial charge in [0.2, 0.25) is 0 Å². The predicted octanol–water partition coefficient (Wildman–Crippen LogP) is 2.13. The van der Waals surface area contributed by atoms with E-state index >= 15 is 0 Å². The molecule has 0 aliphatic rings. The smallest absolute Gasteiger partial charge is 0.311 e. The molecule has 0 fully saturated rings. The molecule has 0 saturated carbocycles. The topological polar surface area (TPSA) is 96.4 Å². The summed E-state index contributed by atoms with van der Waals surface area (Å²) < 4.78 is 1.97. The Bertz CT molecular complexity index is 917. The molecule has 7 nitrogen and oxygen atoms in total. The van der Waals surface area contributed by atoms with Crippen molar-refractivity contribution in [3.63, 3.8) is 0 Å². The van der Waals surface area contributed by atoms with E-state index in [1.54, 1.807) is 11.8 Å². The van der Waals surface area contributed by atoms with Gasteiger partial charge in [-0.2, -0.15) is 0 Å². The third-order valence-electron chi connectivity index (χ3n) is 3.61. The van der Waals surface area contributed by atoms with E-state index in [2.05, 4.69) is 27.1 Å². The summed E-state index contributed by atoms with van der Waals surface area (Å²) in [5.74, 6) is 1.63. The van der Waals surface area contributed by atoms with Gasteiger partial charge in [0.15, 0.2) is 5.16 Å². The summed E-state index contributed by atoms with van der Waals surface area (Å²) in [6.07, 6.45) is 2.53. The van der Waals surface area contributed by atoms with Crippen LogP contribution in [0.15, 0.2) is 51.1 Å². The van der Waals surface area contributed by atoms with Gasteiger partial charge < -0.3 is 4.98 Å². The number of nitrogens with one attached hydrogen (secondary N) is 2. The molecule has 0 atom stereocenters.